The van der Waals surface area contributed by atoms with Crippen LogP contribution in [0.4, 0.5) is 0 Å². The van der Waals surface area contributed by atoms with E-state index in [1.165, 1.54) is 0 Å². The van der Waals surface area contributed by atoms with Crippen LogP contribution in [0, 0.1) is 0 Å². The van der Waals surface area contributed by atoms with E-state index in [4.69, 9.17) is 11.6 Å². The molecule has 27 heavy (non-hydrogen) atoms. The smallest absolute Gasteiger partial charge is 0.253 e. The molecule has 0 saturated carbocycles. The summed E-state index contributed by atoms with van der Waals surface area (Å²) in [6, 6.07) is 16.6. The van der Waals surface area contributed by atoms with E-state index in [0.717, 1.165) is 17.0 Å². The van der Waals surface area contributed by atoms with Gasteiger partial charge in [0.2, 0.25) is 0 Å². The van der Waals surface area contributed by atoms with Gasteiger partial charge >= 0.3 is 0 Å². The molecule has 2 aromatic carbocycles. The summed E-state index contributed by atoms with van der Waals surface area (Å²) in [6.07, 6.45) is 0.199. The highest BCUT2D eigenvalue weighted by atomic mass is 35.5. The Labute approximate surface area is 164 Å². The van der Waals surface area contributed by atoms with Gasteiger partial charge in [-0.25, -0.2) is 0 Å². The lowest BCUT2D eigenvalue weighted by molar-refractivity contribution is -0.111. The summed E-state index contributed by atoms with van der Waals surface area (Å²) in [6.45, 7) is 1.35. The molecule has 1 fully saturated rings. The van der Waals surface area contributed by atoms with Crippen LogP contribution in [-0.2, 0) is 6.42 Å². The van der Waals surface area contributed by atoms with Crippen LogP contribution >= 0.6 is 11.6 Å². The summed E-state index contributed by atoms with van der Waals surface area (Å²) in [5.74, 6) is -0.128. The third-order valence-electron chi connectivity index (χ3n) is 5.03. The number of aliphatic hydroxyl groups excluding tert-OH is 1. The van der Waals surface area contributed by atoms with E-state index in [2.05, 4.69) is 5.32 Å². The zero-order valence-electron chi connectivity index (χ0n) is 15.1. The maximum Gasteiger partial charge on any atom is 0.253 e. The molecule has 3 N–H and O–H groups in total. The number of likely N-dealkylation sites (tertiary alicyclic amines) is 1. The lowest BCUT2D eigenvalue weighted by atomic mass is 9.89. The molecule has 144 valence electrons. The molecule has 1 saturated heterocycles. The average Bonchev–Trinajstić information content (AvgIpc) is 2.69. The summed E-state index contributed by atoms with van der Waals surface area (Å²) in [7, 11) is 0. The van der Waals surface area contributed by atoms with Gasteiger partial charge in [0.15, 0.2) is 0 Å². The van der Waals surface area contributed by atoms with Crippen molar-refractivity contribution < 1.29 is 15.0 Å². The van der Waals surface area contributed by atoms with Gasteiger partial charge < -0.3 is 20.4 Å². The third-order valence-corrected chi connectivity index (χ3v) is 5.39. The van der Waals surface area contributed by atoms with Gasteiger partial charge in [0.1, 0.15) is 5.60 Å². The number of nitrogens with zero attached hydrogens (tertiary/aromatic N) is 1. The molecule has 0 spiro atoms. The number of β-amino-alcohol motifs (C(OH)–C–C–N with tert-alkyl or cyclic N) is 1. The second-order valence-corrected chi connectivity index (χ2v) is 7.43. The number of hydrogen-bond donors (Lipinski definition) is 3. The molecular formula is C21H25ClN2O3. The Morgan fingerprint density at radius 2 is 1.89 bits per heavy atom. The van der Waals surface area contributed by atoms with Crippen LogP contribution in [0.1, 0.15) is 22.3 Å². The molecular weight excluding hydrogens is 364 g/mol. The predicted octanol–water partition coefficient (Wildman–Crippen LogP) is 2.11. The van der Waals surface area contributed by atoms with Crippen LogP contribution in [0.2, 0.25) is 5.02 Å². The van der Waals surface area contributed by atoms with E-state index in [1.807, 2.05) is 42.5 Å². The molecule has 0 aliphatic carbocycles. The first kappa shape index (κ1) is 19.8. The largest absolute Gasteiger partial charge is 0.390 e. The van der Waals surface area contributed by atoms with Crippen molar-refractivity contribution in [3.63, 3.8) is 0 Å². The van der Waals surface area contributed by atoms with Crippen molar-refractivity contribution in [2.45, 2.75) is 24.5 Å². The number of benzene rings is 2. The van der Waals surface area contributed by atoms with Gasteiger partial charge in [0.05, 0.1) is 12.6 Å². The zero-order chi connectivity index (χ0) is 19.3. The molecule has 1 aliphatic heterocycles. The molecule has 3 rings (SSSR count). The Bertz CT molecular complexity index is 771. The highest BCUT2D eigenvalue weighted by Gasteiger charge is 2.42. The van der Waals surface area contributed by atoms with Crippen molar-refractivity contribution in [1.29, 1.82) is 0 Å². The van der Waals surface area contributed by atoms with Gasteiger partial charge in [-0.15, -0.1) is 0 Å². The van der Waals surface area contributed by atoms with Crippen LogP contribution < -0.4 is 5.32 Å². The number of piperidine rings is 1. The molecule has 0 unspecified atom stereocenters. The average molecular weight is 389 g/mol. The first-order valence-corrected chi connectivity index (χ1v) is 9.56. The Hall–Kier alpha value is -1.92. The van der Waals surface area contributed by atoms with E-state index < -0.39 is 11.7 Å². The van der Waals surface area contributed by atoms with Crippen LogP contribution in [-0.4, -0.2) is 58.9 Å². The second kappa shape index (κ2) is 8.85. The number of hydrogen-bond acceptors (Lipinski definition) is 4. The maximum atomic E-state index is 12.6. The third kappa shape index (κ3) is 4.87. The topological polar surface area (TPSA) is 72.8 Å². The Kier molecular flexibility index (Phi) is 6.50. The number of nitrogens with one attached hydrogen (secondary N) is 1. The monoisotopic (exact) mass is 388 g/mol. The standard InChI is InChI=1S/C21H25ClN2O3/c22-18-9-5-4-6-16(18)10-12-23-14-21(27)15-24(13-11-19(21)25)20(26)17-7-2-1-3-8-17/h1-9,19,23,25,27H,10-15H2/t19-,21+/m1/s1. The quantitative estimate of drug-likeness (QED) is 0.663. The molecule has 6 heteroatoms. The van der Waals surface area contributed by atoms with E-state index in [-0.39, 0.29) is 19.0 Å². The fourth-order valence-corrected chi connectivity index (χ4v) is 3.63. The summed E-state index contributed by atoms with van der Waals surface area (Å²) in [5.41, 5.74) is 0.245. The number of aliphatic hydroxyl groups is 2. The minimum atomic E-state index is -1.37. The summed E-state index contributed by atoms with van der Waals surface area (Å²) in [4.78, 5) is 14.3. The molecule has 0 radical (unpaired) electrons. The minimum absolute atomic E-state index is 0.0982. The van der Waals surface area contributed by atoms with Crippen LogP contribution in [0.25, 0.3) is 0 Å². The fraction of sp³-hybridized carbons (Fsp3) is 0.381. The van der Waals surface area contributed by atoms with Crippen LogP contribution in [0.3, 0.4) is 0 Å². The molecule has 5 nitrogen and oxygen atoms in total. The SMILES string of the molecule is O=C(c1ccccc1)N1CC[C@@H](O)[C@](O)(CNCCc2ccccc2Cl)C1. The van der Waals surface area contributed by atoms with Crippen molar-refractivity contribution >= 4 is 17.5 Å². The van der Waals surface area contributed by atoms with E-state index >= 15 is 0 Å². The Morgan fingerprint density at radius 3 is 2.63 bits per heavy atom. The molecule has 1 aliphatic rings. The second-order valence-electron chi connectivity index (χ2n) is 7.02. The molecule has 2 atom stereocenters. The van der Waals surface area contributed by atoms with Crippen molar-refractivity contribution in [2.75, 3.05) is 26.2 Å². The van der Waals surface area contributed by atoms with E-state index in [1.54, 1.807) is 17.0 Å². The van der Waals surface area contributed by atoms with Crippen molar-refractivity contribution in [2.24, 2.45) is 0 Å². The minimum Gasteiger partial charge on any atom is -0.390 e. The normalized spacial score (nSPS) is 22.6. The summed E-state index contributed by atoms with van der Waals surface area (Å²) >= 11 is 6.15. The molecule has 2 aromatic rings. The highest BCUT2D eigenvalue weighted by Crippen LogP contribution is 2.23. The highest BCUT2D eigenvalue weighted by molar-refractivity contribution is 6.31. The number of amides is 1. The molecule has 1 heterocycles. The Morgan fingerprint density at radius 1 is 1.19 bits per heavy atom. The Balaban J connectivity index is 1.56. The molecule has 1 amide bonds. The van der Waals surface area contributed by atoms with Gasteiger partial charge in [-0.2, -0.15) is 0 Å². The maximum absolute atomic E-state index is 12.6. The predicted molar refractivity (Wildman–Crippen MR) is 106 cm³/mol. The van der Waals surface area contributed by atoms with Crippen molar-refractivity contribution in [1.82, 2.24) is 10.2 Å². The van der Waals surface area contributed by atoms with Gasteiger partial charge in [-0.05, 0) is 43.1 Å². The van der Waals surface area contributed by atoms with Gasteiger partial charge in [0, 0.05) is 23.7 Å². The summed E-state index contributed by atoms with van der Waals surface area (Å²) < 4.78 is 0. The lowest BCUT2D eigenvalue weighted by Gasteiger charge is -2.42. The fourth-order valence-electron chi connectivity index (χ4n) is 3.40. The molecule has 0 bridgehead atoms. The zero-order valence-corrected chi connectivity index (χ0v) is 15.9. The van der Waals surface area contributed by atoms with Gasteiger partial charge in [0.25, 0.3) is 5.91 Å². The first-order chi connectivity index (χ1) is 13.0. The number of rotatable bonds is 6. The van der Waals surface area contributed by atoms with Crippen molar-refractivity contribution in [3.8, 4) is 0 Å². The van der Waals surface area contributed by atoms with Gasteiger partial charge in [-0.3, -0.25) is 4.79 Å². The number of carbonyl (C=O) groups excluding carboxylic acids is 1. The van der Waals surface area contributed by atoms with Crippen LogP contribution in [0.15, 0.2) is 54.6 Å². The number of halogens is 1. The van der Waals surface area contributed by atoms with E-state index in [9.17, 15) is 15.0 Å². The lowest BCUT2D eigenvalue weighted by Crippen LogP contribution is -2.62. The first-order valence-electron chi connectivity index (χ1n) is 9.18. The van der Waals surface area contributed by atoms with Crippen LogP contribution in [0.5, 0.6) is 0 Å². The van der Waals surface area contributed by atoms with Crippen molar-refractivity contribution in [3.05, 3.63) is 70.7 Å². The number of carbonyl (C=O) groups is 1. The van der Waals surface area contributed by atoms with E-state index in [0.29, 0.717) is 25.1 Å². The summed E-state index contributed by atoms with van der Waals surface area (Å²) in [5, 5.41) is 25.1. The van der Waals surface area contributed by atoms with Gasteiger partial charge in [-0.1, -0.05) is 48.0 Å². The molecule has 0 aromatic heterocycles.